The molecule has 0 aliphatic heterocycles. The van der Waals surface area contributed by atoms with Crippen molar-refractivity contribution < 1.29 is 9.13 Å². The first-order chi connectivity index (χ1) is 9.70. The van der Waals surface area contributed by atoms with Crippen molar-refractivity contribution >= 4 is 11.6 Å². The molecule has 0 aliphatic carbocycles. The van der Waals surface area contributed by atoms with Gasteiger partial charge in [-0.05, 0) is 49.4 Å². The van der Waals surface area contributed by atoms with Gasteiger partial charge in [0.05, 0.1) is 0 Å². The lowest BCUT2D eigenvalue weighted by Crippen LogP contribution is -2.14. The van der Waals surface area contributed by atoms with Crippen molar-refractivity contribution in [2.75, 3.05) is 6.54 Å². The molecule has 0 spiro atoms. The number of rotatable bonds is 6. The highest BCUT2D eigenvalue weighted by molar-refractivity contribution is 6.31. The first-order valence-corrected chi connectivity index (χ1v) is 7.00. The van der Waals surface area contributed by atoms with Crippen LogP contribution in [0, 0.1) is 5.82 Å². The molecular formula is C16H17ClFNO. The lowest BCUT2D eigenvalue weighted by molar-refractivity contribution is 0.471. The number of ether oxygens (including phenoxy) is 1. The zero-order chi connectivity index (χ0) is 14.4. The van der Waals surface area contributed by atoms with Crippen LogP contribution < -0.4 is 10.1 Å². The Balaban J connectivity index is 2.17. The highest BCUT2D eigenvalue weighted by Gasteiger charge is 2.09. The zero-order valence-corrected chi connectivity index (χ0v) is 12.1. The molecule has 0 atom stereocenters. The van der Waals surface area contributed by atoms with E-state index in [0.717, 1.165) is 18.5 Å². The monoisotopic (exact) mass is 293 g/mol. The number of hydrogen-bond acceptors (Lipinski definition) is 2. The van der Waals surface area contributed by atoms with Gasteiger partial charge >= 0.3 is 0 Å². The summed E-state index contributed by atoms with van der Waals surface area (Å²) in [6.07, 6.45) is 1.05. The van der Waals surface area contributed by atoms with Crippen molar-refractivity contribution in [2.45, 2.75) is 19.9 Å². The topological polar surface area (TPSA) is 21.3 Å². The molecule has 2 aromatic carbocycles. The Morgan fingerprint density at radius 1 is 1.15 bits per heavy atom. The van der Waals surface area contributed by atoms with Crippen LogP contribution >= 0.6 is 11.6 Å². The van der Waals surface area contributed by atoms with E-state index in [0.29, 0.717) is 23.1 Å². The van der Waals surface area contributed by atoms with Gasteiger partial charge < -0.3 is 10.1 Å². The first-order valence-electron chi connectivity index (χ1n) is 6.62. The third kappa shape index (κ3) is 3.95. The molecule has 0 saturated heterocycles. The van der Waals surface area contributed by atoms with E-state index >= 15 is 0 Å². The van der Waals surface area contributed by atoms with Crippen molar-refractivity contribution in [2.24, 2.45) is 0 Å². The van der Waals surface area contributed by atoms with Crippen LogP contribution in [0.2, 0.25) is 5.02 Å². The normalized spacial score (nSPS) is 10.6. The second kappa shape index (κ2) is 7.27. The third-order valence-corrected chi connectivity index (χ3v) is 3.20. The summed E-state index contributed by atoms with van der Waals surface area (Å²) < 4.78 is 18.7. The summed E-state index contributed by atoms with van der Waals surface area (Å²) in [5.41, 5.74) is 0.909. The summed E-state index contributed by atoms with van der Waals surface area (Å²) >= 11 is 6.22. The molecule has 0 unspecified atom stereocenters. The summed E-state index contributed by atoms with van der Waals surface area (Å²) in [6, 6.07) is 11.5. The van der Waals surface area contributed by atoms with Crippen LogP contribution in [-0.2, 0) is 6.54 Å². The highest BCUT2D eigenvalue weighted by Crippen LogP contribution is 2.30. The van der Waals surface area contributed by atoms with Gasteiger partial charge in [0.1, 0.15) is 17.3 Å². The molecule has 106 valence electrons. The van der Waals surface area contributed by atoms with Gasteiger partial charge in [-0.15, -0.1) is 0 Å². The average molecular weight is 294 g/mol. The van der Waals surface area contributed by atoms with E-state index in [1.165, 1.54) is 12.1 Å². The Morgan fingerprint density at radius 2 is 1.90 bits per heavy atom. The summed E-state index contributed by atoms with van der Waals surface area (Å²) in [6.45, 7) is 3.67. The first kappa shape index (κ1) is 14.8. The van der Waals surface area contributed by atoms with Crippen molar-refractivity contribution in [1.29, 1.82) is 0 Å². The van der Waals surface area contributed by atoms with Crippen LogP contribution in [0.3, 0.4) is 0 Å². The maximum Gasteiger partial charge on any atom is 0.133 e. The van der Waals surface area contributed by atoms with E-state index in [1.54, 1.807) is 12.1 Å². The van der Waals surface area contributed by atoms with Crippen LogP contribution in [0.5, 0.6) is 11.5 Å². The van der Waals surface area contributed by atoms with Crippen LogP contribution in [0.1, 0.15) is 18.9 Å². The molecule has 0 aliphatic rings. The fourth-order valence-electron chi connectivity index (χ4n) is 1.83. The lowest BCUT2D eigenvalue weighted by atomic mass is 10.2. The molecule has 20 heavy (non-hydrogen) atoms. The van der Waals surface area contributed by atoms with E-state index < -0.39 is 0 Å². The summed E-state index contributed by atoms with van der Waals surface area (Å²) in [7, 11) is 0. The van der Waals surface area contributed by atoms with Gasteiger partial charge in [0.15, 0.2) is 0 Å². The molecule has 0 radical (unpaired) electrons. The Bertz CT molecular complexity index is 557. The van der Waals surface area contributed by atoms with Gasteiger partial charge in [-0.3, -0.25) is 0 Å². The van der Waals surface area contributed by atoms with Crippen molar-refractivity contribution in [1.82, 2.24) is 5.32 Å². The number of nitrogens with one attached hydrogen (secondary N) is 1. The molecule has 0 aromatic heterocycles. The molecule has 0 bridgehead atoms. The standard InChI is InChI=1S/C16H17ClFNO/c1-2-10-19-11-14-15(17)4-3-5-16(14)20-13-8-6-12(18)7-9-13/h3-9,19H,2,10-11H2,1H3. The van der Waals surface area contributed by atoms with E-state index in [1.807, 2.05) is 18.2 Å². The maximum atomic E-state index is 12.9. The van der Waals surface area contributed by atoms with E-state index in [4.69, 9.17) is 16.3 Å². The van der Waals surface area contributed by atoms with Gasteiger partial charge in [0, 0.05) is 17.1 Å². The van der Waals surface area contributed by atoms with Crippen molar-refractivity contribution in [3.63, 3.8) is 0 Å². The number of benzene rings is 2. The predicted octanol–water partition coefficient (Wildman–Crippen LogP) is 4.77. The fraction of sp³-hybridized carbons (Fsp3) is 0.250. The van der Waals surface area contributed by atoms with Gasteiger partial charge in [-0.1, -0.05) is 24.6 Å². The van der Waals surface area contributed by atoms with E-state index in [9.17, 15) is 4.39 Å². The van der Waals surface area contributed by atoms with Gasteiger partial charge in [-0.25, -0.2) is 4.39 Å². The Morgan fingerprint density at radius 3 is 2.60 bits per heavy atom. The molecular weight excluding hydrogens is 277 g/mol. The van der Waals surface area contributed by atoms with Gasteiger partial charge in [0.2, 0.25) is 0 Å². The third-order valence-electron chi connectivity index (χ3n) is 2.85. The molecule has 0 saturated carbocycles. The minimum atomic E-state index is -0.284. The summed E-state index contributed by atoms with van der Waals surface area (Å²) in [5, 5.41) is 3.96. The minimum Gasteiger partial charge on any atom is -0.457 e. The largest absolute Gasteiger partial charge is 0.457 e. The highest BCUT2D eigenvalue weighted by atomic mass is 35.5. The SMILES string of the molecule is CCCNCc1c(Cl)cccc1Oc1ccc(F)cc1. The number of hydrogen-bond donors (Lipinski definition) is 1. The maximum absolute atomic E-state index is 12.9. The van der Waals surface area contributed by atoms with Gasteiger partial charge in [0.25, 0.3) is 0 Å². The fourth-order valence-corrected chi connectivity index (χ4v) is 2.06. The zero-order valence-electron chi connectivity index (χ0n) is 11.3. The average Bonchev–Trinajstić information content (AvgIpc) is 2.44. The summed E-state index contributed by atoms with van der Waals surface area (Å²) in [4.78, 5) is 0. The Kier molecular flexibility index (Phi) is 5.39. The molecule has 0 heterocycles. The van der Waals surface area contributed by atoms with Crippen LogP contribution in [0.25, 0.3) is 0 Å². The molecule has 0 fully saturated rings. The van der Waals surface area contributed by atoms with E-state index in [-0.39, 0.29) is 5.82 Å². The van der Waals surface area contributed by atoms with Crippen LogP contribution in [-0.4, -0.2) is 6.54 Å². The predicted molar refractivity (Wildman–Crippen MR) is 79.9 cm³/mol. The van der Waals surface area contributed by atoms with Crippen LogP contribution in [0.15, 0.2) is 42.5 Å². The molecule has 2 nitrogen and oxygen atoms in total. The molecule has 0 amide bonds. The molecule has 1 N–H and O–H groups in total. The quantitative estimate of drug-likeness (QED) is 0.775. The lowest BCUT2D eigenvalue weighted by Gasteiger charge is -2.13. The summed E-state index contributed by atoms with van der Waals surface area (Å²) in [5.74, 6) is 0.992. The Labute approximate surface area is 123 Å². The molecule has 2 rings (SSSR count). The van der Waals surface area contributed by atoms with Gasteiger partial charge in [-0.2, -0.15) is 0 Å². The smallest absolute Gasteiger partial charge is 0.133 e. The minimum absolute atomic E-state index is 0.284. The second-order valence-corrected chi connectivity index (χ2v) is 4.86. The van der Waals surface area contributed by atoms with Crippen molar-refractivity contribution in [3.8, 4) is 11.5 Å². The van der Waals surface area contributed by atoms with Crippen LogP contribution in [0.4, 0.5) is 4.39 Å². The van der Waals surface area contributed by atoms with Crippen molar-refractivity contribution in [3.05, 3.63) is 58.9 Å². The van der Waals surface area contributed by atoms with E-state index in [2.05, 4.69) is 12.2 Å². The number of halogens is 2. The second-order valence-electron chi connectivity index (χ2n) is 4.45. The molecule has 2 aromatic rings. The molecule has 4 heteroatoms. The Hall–Kier alpha value is -1.58.